The molecule has 1 unspecified atom stereocenters. The number of hydrogen-bond acceptors (Lipinski definition) is 2. The third kappa shape index (κ3) is 4.84. The summed E-state index contributed by atoms with van der Waals surface area (Å²) in [5, 5.41) is 3.71. The molecule has 0 heterocycles. The fourth-order valence-electron chi connectivity index (χ4n) is 2.44. The minimum atomic E-state index is 0.716. The first-order valence-corrected chi connectivity index (χ1v) is 7.07. The molecule has 2 heteroatoms. The van der Waals surface area contributed by atoms with Gasteiger partial charge in [0.25, 0.3) is 0 Å². The molecule has 0 bridgehead atoms. The van der Waals surface area contributed by atoms with Gasteiger partial charge < -0.3 is 10.2 Å². The van der Waals surface area contributed by atoms with Gasteiger partial charge in [-0.1, -0.05) is 13.8 Å². The number of hydrogen-bond donors (Lipinski definition) is 1. The van der Waals surface area contributed by atoms with E-state index in [-0.39, 0.29) is 0 Å². The van der Waals surface area contributed by atoms with Crippen LogP contribution >= 0.6 is 0 Å². The zero-order chi connectivity index (χ0) is 12.0. The summed E-state index contributed by atoms with van der Waals surface area (Å²) in [6, 6.07) is 1.51. The van der Waals surface area contributed by atoms with Crippen molar-refractivity contribution in [1.29, 1.82) is 0 Å². The van der Waals surface area contributed by atoms with Gasteiger partial charge in [0.15, 0.2) is 0 Å². The fourth-order valence-corrected chi connectivity index (χ4v) is 2.44. The van der Waals surface area contributed by atoms with Crippen LogP contribution < -0.4 is 5.32 Å². The molecule has 1 fully saturated rings. The Morgan fingerprint density at radius 2 is 1.88 bits per heavy atom. The summed E-state index contributed by atoms with van der Waals surface area (Å²) in [6.45, 7) is 9.29. The zero-order valence-corrected chi connectivity index (χ0v) is 11.6. The van der Waals surface area contributed by atoms with Gasteiger partial charge in [0.05, 0.1) is 0 Å². The van der Waals surface area contributed by atoms with Crippen LogP contribution in [-0.2, 0) is 0 Å². The van der Waals surface area contributed by atoms with E-state index in [1.165, 1.54) is 38.6 Å². The van der Waals surface area contributed by atoms with E-state index in [0.717, 1.165) is 18.5 Å². The normalized spacial score (nSPS) is 28.3. The van der Waals surface area contributed by atoms with Gasteiger partial charge in [-0.05, 0) is 52.0 Å². The molecule has 2 nitrogen and oxygen atoms in total. The van der Waals surface area contributed by atoms with Crippen LogP contribution in [0.4, 0.5) is 0 Å². The van der Waals surface area contributed by atoms with Gasteiger partial charge in [-0.3, -0.25) is 0 Å². The van der Waals surface area contributed by atoms with Crippen LogP contribution in [0.3, 0.4) is 0 Å². The molecule has 1 N–H and O–H groups in total. The van der Waals surface area contributed by atoms with Crippen molar-refractivity contribution in [1.82, 2.24) is 10.2 Å². The zero-order valence-electron chi connectivity index (χ0n) is 11.6. The third-order valence-corrected chi connectivity index (χ3v) is 4.26. The van der Waals surface area contributed by atoms with Crippen LogP contribution in [0.25, 0.3) is 0 Å². The Hall–Kier alpha value is -0.0800. The molecule has 0 radical (unpaired) electrons. The molecule has 0 aromatic carbocycles. The number of rotatable bonds is 6. The van der Waals surface area contributed by atoms with Gasteiger partial charge in [-0.2, -0.15) is 0 Å². The first kappa shape index (κ1) is 14.0. The molecule has 0 aromatic heterocycles. The summed E-state index contributed by atoms with van der Waals surface area (Å²) >= 11 is 0. The van der Waals surface area contributed by atoms with Crippen molar-refractivity contribution >= 4 is 0 Å². The summed E-state index contributed by atoms with van der Waals surface area (Å²) in [7, 11) is 2.23. The Morgan fingerprint density at radius 3 is 2.44 bits per heavy atom. The first-order chi connectivity index (χ1) is 7.63. The highest BCUT2D eigenvalue weighted by atomic mass is 15.1. The third-order valence-electron chi connectivity index (χ3n) is 4.26. The van der Waals surface area contributed by atoms with Crippen molar-refractivity contribution in [2.24, 2.45) is 5.92 Å². The van der Waals surface area contributed by atoms with Crippen molar-refractivity contribution in [2.75, 3.05) is 20.1 Å². The lowest BCUT2D eigenvalue weighted by atomic mass is 9.87. The molecular formula is C14H30N2. The van der Waals surface area contributed by atoms with E-state index >= 15 is 0 Å². The lowest BCUT2D eigenvalue weighted by molar-refractivity contribution is 0.237. The summed E-state index contributed by atoms with van der Waals surface area (Å²) in [5.41, 5.74) is 0. The average Bonchev–Trinajstić information content (AvgIpc) is 2.30. The molecule has 0 amide bonds. The van der Waals surface area contributed by atoms with Crippen LogP contribution in [0.5, 0.6) is 0 Å². The second-order valence-electron chi connectivity index (χ2n) is 5.65. The molecule has 1 aliphatic rings. The summed E-state index contributed by atoms with van der Waals surface area (Å²) in [4.78, 5) is 2.46. The van der Waals surface area contributed by atoms with E-state index in [4.69, 9.17) is 0 Å². The van der Waals surface area contributed by atoms with Gasteiger partial charge in [-0.15, -0.1) is 0 Å². The van der Waals surface area contributed by atoms with E-state index < -0.39 is 0 Å². The number of nitrogens with one attached hydrogen (secondary N) is 1. The highest BCUT2D eigenvalue weighted by molar-refractivity contribution is 4.75. The highest BCUT2D eigenvalue weighted by Crippen LogP contribution is 2.23. The van der Waals surface area contributed by atoms with Gasteiger partial charge in [0.1, 0.15) is 0 Å². The van der Waals surface area contributed by atoms with Crippen molar-refractivity contribution < 1.29 is 0 Å². The van der Waals surface area contributed by atoms with E-state index in [0.29, 0.717) is 6.04 Å². The van der Waals surface area contributed by atoms with Crippen molar-refractivity contribution in [3.05, 3.63) is 0 Å². The Balaban J connectivity index is 2.06. The fraction of sp³-hybridized carbons (Fsp3) is 1.00. The van der Waals surface area contributed by atoms with Crippen LogP contribution in [0.15, 0.2) is 0 Å². The standard InChI is InChI=1S/C14H30N2/c1-5-13(3)16(4)11-10-15-14-8-6-12(2)7-9-14/h12-15H,5-11H2,1-4H3. The SMILES string of the molecule is CCC(C)N(C)CCNC1CCC(C)CC1. The maximum atomic E-state index is 3.71. The lowest BCUT2D eigenvalue weighted by Gasteiger charge is -2.29. The van der Waals surface area contributed by atoms with E-state index in [2.05, 4.69) is 38.0 Å². The molecule has 96 valence electrons. The Labute approximate surface area is 102 Å². The second kappa shape index (κ2) is 7.29. The van der Waals surface area contributed by atoms with Crippen LogP contribution in [0, 0.1) is 5.92 Å². The highest BCUT2D eigenvalue weighted by Gasteiger charge is 2.17. The molecule has 1 atom stereocenters. The van der Waals surface area contributed by atoms with Gasteiger partial charge >= 0.3 is 0 Å². The van der Waals surface area contributed by atoms with E-state index in [1.807, 2.05) is 0 Å². The molecule has 16 heavy (non-hydrogen) atoms. The molecule has 1 rings (SSSR count). The van der Waals surface area contributed by atoms with Crippen molar-refractivity contribution in [3.8, 4) is 0 Å². The minimum Gasteiger partial charge on any atom is -0.313 e. The maximum Gasteiger partial charge on any atom is 0.0107 e. The Bertz CT molecular complexity index is 174. The first-order valence-electron chi connectivity index (χ1n) is 7.07. The van der Waals surface area contributed by atoms with Crippen LogP contribution in [-0.4, -0.2) is 37.1 Å². The average molecular weight is 226 g/mol. The van der Waals surface area contributed by atoms with Gasteiger partial charge in [0.2, 0.25) is 0 Å². The van der Waals surface area contributed by atoms with E-state index in [1.54, 1.807) is 0 Å². The minimum absolute atomic E-state index is 0.716. The monoisotopic (exact) mass is 226 g/mol. The van der Waals surface area contributed by atoms with E-state index in [9.17, 15) is 0 Å². The van der Waals surface area contributed by atoms with Crippen LogP contribution in [0.2, 0.25) is 0 Å². The quantitative estimate of drug-likeness (QED) is 0.749. The predicted molar refractivity (Wildman–Crippen MR) is 71.8 cm³/mol. The second-order valence-corrected chi connectivity index (χ2v) is 5.65. The molecular weight excluding hydrogens is 196 g/mol. The number of likely N-dealkylation sites (N-methyl/N-ethyl adjacent to an activating group) is 1. The molecule has 1 saturated carbocycles. The topological polar surface area (TPSA) is 15.3 Å². The summed E-state index contributed by atoms with van der Waals surface area (Å²) in [6.07, 6.45) is 6.84. The van der Waals surface area contributed by atoms with Crippen molar-refractivity contribution in [3.63, 3.8) is 0 Å². The molecule has 0 aliphatic heterocycles. The van der Waals surface area contributed by atoms with Crippen LogP contribution in [0.1, 0.15) is 52.9 Å². The summed E-state index contributed by atoms with van der Waals surface area (Å²) < 4.78 is 0. The molecule has 0 saturated heterocycles. The smallest absolute Gasteiger partial charge is 0.0107 e. The summed E-state index contributed by atoms with van der Waals surface area (Å²) in [5.74, 6) is 0.959. The Kier molecular flexibility index (Phi) is 6.37. The molecule has 0 aromatic rings. The Morgan fingerprint density at radius 1 is 1.25 bits per heavy atom. The lowest BCUT2D eigenvalue weighted by Crippen LogP contribution is -2.40. The molecule has 0 spiro atoms. The largest absolute Gasteiger partial charge is 0.313 e. The van der Waals surface area contributed by atoms with Gasteiger partial charge in [-0.25, -0.2) is 0 Å². The van der Waals surface area contributed by atoms with Crippen molar-refractivity contribution in [2.45, 2.75) is 65.0 Å². The molecule has 1 aliphatic carbocycles. The number of nitrogens with zero attached hydrogens (tertiary/aromatic N) is 1. The predicted octanol–water partition coefficient (Wildman–Crippen LogP) is 2.89. The maximum absolute atomic E-state index is 3.71. The van der Waals surface area contributed by atoms with Gasteiger partial charge in [0, 0.05) is 25.2 Å².